The van der Waals surface area contributed by atoms with Crippen LogP contribution in [0.1, 0.15) is 5.89 Å². The summed E-state index contributed by atoms with van der Waals surface area (Å²) in [5.74, 6) is -3.96. The molecule has 3 rings (SSSR count). The van der Waals surface area contributed by atoms with Crippen LogP contribution < -0.4 is 5.32 Å². The van der Waals surface area contributed by atoms with Crippen LogP contribution in [0.25, 0.3) is 11.3 Å². The number of halogens is 3. The molecule has 0 aliphatic rings. The van der Waals surface area contributed by atoms with E-state index in [0.717, 1.165) is 17.7 Å². The fraction of sp³-hybridized carbons (Fsp3) is 0.158. The number of amides is 1. The Labute approximate surface area is 153 Å². The molecule has 8 heteroatoms. The van der Waals surface area contributed by atoms with Crippen LogP contribution in [0, 0.1) is 17.5 Å². The maximum absolute atomic E-state index is 13.6. The summed E-state index contributed by atoms with van der Waals surface area (Å²) in [6.45, 7) is 0.113. The summed E-state index contributed by atoms with van der Waals surface area (Å²) >= 11 is 0. The maximum atomic E-state index is 13.6. The van der Waals surface area contributed by atoms with E-state index in [1.807, 2.05) is 30.3 Å². The Hall–Kier alpha value is -3.13. The van der Waals surface area contributed by atoms with E-state index in [1.54, 1.807) is 18.1 Å². The number of aromatic nitrogens is 1. The molecule has 0 spiro atoms. The first kappa shape index (κ1) is 18.7. The zero-order valence-corrected chi connectivity index (χ0v) is 14.4. The Kier molecular flexibility index (Phi) is 5.56. The van der Waals surface area contributed by atoms with Gasteiger partial charge in [-0.3, -0.25) is 9.69 Å². The van der Waals surface area contributed by atoms with Gasteiger partial charge in [-0.1, -0.05) is 30.3 Å². The molecule has 3 aromatic rings. The quantitative estimate of drug-likeness (QED) is 0.666. The van der Waals surface area contributed by atoms with Gasteiger partial charge in [0.15, 0.2) is 23.2 Å². The van der Waals surface area contributed by atoms with Gasteiger partial charge < -0.3 is 9.73 Å². The van der Waals surface area contributed by atoms with Crippen molar-refractivity contribution in [2.24, 2.45) is 0 Å². The van der Waals surface area contributed by atoms with Crippen LogP contribution in [-0.2, 0) is 11.3 Å². The number of nitrogens with zero attached hydrogens (tertiary/aromatic N) is 2. The van der Waals surface area contributed by atoms with Gasteiger partial charge >= 0.3 is 0 Å². The van der Waals surface area contributed by atoms with Crippen molar-refractivity contribution in [1.29, 1.82) is 0 Å². The molecule has 1 heterocycles. The lowest BCUT2D eigenvalue weighted by molar-refractivity contribution is -0.117. The number of hydrogen-bond donors (Lipinski definition) is 1. The third-order valence-corrected chi connectivity index (χ3v) is 3.74. The van der Waals surface area contributed by atoms with E-state index in [-0.39, 0.29) is 13.1 Å². The second-order valence-corrected chi connectivity index (χ2v) is 5.93. The van der Waals surface area contributed by atoms with E-state index in [2.05, 4.69) is 10.3 Å². The van der Waals surface area contributed by atoms with E-state index in [1.165, 1.54) is 0 Å². The lowest BCUT2D eigenvalue weighted by Crippen LogP contribution is -2.30. The van der Waals surface area contributed by atoms with Crippen molar-refractivity contribution < 1.29 is 22.4 Å². The molecular formula is C19H16F3N3O2. The van der Waals surface area contributed by atoms with E-state index in [4.69, 9.17) is 4.42 Å². The maximum Gasteiger partial charge on any atom is 0.238 e. The minimum atomic E-state index is -1.63. The number of carbonyl (C=O) groups excluding carboxylic acids is 1. The van der Waals surface area contributed by atoms with Crippen LogP contribution >= 0.6 is 0 Å². The van der Waals surface area contributed by atoms with Crippen molar-refractivity contribution >= 4 is 11.6 Å². The fourth-order valence-corrected chi connectivity index (χ4v) is 2.46. The van der Waals surface area contributed by atoms with Gasteiger partial charge in [-0.25, -0.2) is 18.2 Å². The average Bonchev–Trinajstić information content (AvgIpc) is 3.11. The van der Waals surface area contributed by atoms with Crippen molar-refractivity contribution in [2.45, 2.75) is 6.54 Å². The highest BCUT2D eigenvalue weighted by Gasteiger charge is 2.17. The molecule has 0 saturated carbocycles. The molecule has 0 aliphatic carbocycles. The topological polar surface area (TPSA) is 58.4 Å². The third-order valence-electron chi connectivity index (χ3n) is 3.74. The van der Waals surface area contributed by atoms with Crippen LogP contribution in [0.15, 0.2) is 53.1 Å². The average molecular weight is 375 g/mol. The minimum Gasteiger partial charge on any atom is -0.439 e. The molecule has 1 amide bonds. The molecule has 2 aromatic carbocycles. The van der Waals surface area contributed by atoms with Crippen molar-refractivity contribution in [1.82, 2.24) is 9.88 Å². The zero-order valence-electron chi connectivity index (χ0n) is 14.4. The van der Waals surface area contributed by atoms with Crippen molar-refractivity contribution in [3.05, 3.63) is 72.0 Å². The number of anilines is 1. The van der Waals surface area contributed by atoms with Crippen molar-refractivity contribution in [3.63, 3.8) is 0 Å². The molecule has 0 aliphatic heterocycles. The molecule has 0 bridgehead atoms. The van der Waals surface area contributed by atoms with Crippen molar-refractivity contribution in [2.75, 3.05) is 18.9 Å². The van der Waals surface area contributed by atoms with Crippen LogP contribution in [0.3, 0.4) is 0 Å². The number of likely N-dealkylation sites (N-methyl/N-ethyl adjacent to an activating group) is 1. The van der Waals surface area contributed by atoms with E-state index >= 15 is 0 Å². The van der Waals surface area contributed by atoms with Gasteiger partial charge in [0.25, 0.3) is 0 Å². The highest BCUT2D eigenvalue weighted by atomic mass is 19.2. The number of nitrogens with one attached hydrogen (secondary N) is 1. The molecule has 0 fully saturated rings. The summed E-state index contributed by atoms with van der Waals surface area (Å²) in [4.78, 5) is 17.8. The monoisotopic (exact) mass is 375 g/mol. The van der Waals surface area contributed by atoms with Crippen LogP contribution in [-0.4, -0.2) is 29.4 Å². The Morgan fingerprint density at radius 2 is 1.85 bits per heavy atom. The standard InChI is InChI=1S/C19H16F3N3O2/c1-25(10-16(26)24-14-8-7-13(20)18(21)19(14)22)11-17-23-9-15(27-17)12-5-3-2-4-6-12/h2-9H,10-11H2,1H3,(H,24,26). The van der Waals surface area contributed by atoms with Crippen LogP contribution in [0.5, 0.6) is 0 Å². The second kappa shape index (κ2) is 8.05. The molecule has 1 aromatic heterocycles. The Balaban J connectivity index is 1.58. The molecule has 27 heavy (non-hydrogen) atoms. The smallest absolute Gasteiger partial charge is 0.238 e. The van der Waals surface area contributed by atoms with E-state index < -0.39 is 29.0 Å². The molecule has 0 radical (unpaired) electrons. The second-order valence-electron chi connectivity index (χ2n) is 5.93. The molecule has 1 N–H and O–H groups in total. The summed E-state index contributed by atoms with van der Waals surface area (Å²) in [6, 6.07) is 11.1. The summed E-state index contributed by atoms with van der Waals surface area (Å²) in [7, 11) is 1.65. The largest absolute Gasteiger partial charge is 0.439 e. The first-order valence-corrected chi connectivity index (χ1v) is 8.06. The number of carbonyl (C=O) groups is 1. The zero-order chi connectivity index (χ0) is 19.4. The molecule has 5 nitrogen and oxygen atoms in total. The molecule has 0 saturated heterocycles. The Morgan fingerprint density at radius 3 is 2.59 bits per heavy atom. The predicted molar refractivity (Wildman–Crippen MR) is 93.2 cm³/mol. The van der Waals surface area contributed by atoms with Crippen molar-refractivity contribution in [3.8, 4) is 11.3 Å². The summed E-state index contributed by atoms with van der Waals surface area (Å²) < 4.78 is 45.4. The number of oxazole rings is 1. The van der Waals surface area contributed by atoms with Gasteiger partial charge in [0, 0.05) is 5.56 Å². The number of benzene rings is 2. The first-order chi connectivity index (χ1) is 12.9. The normalized spacial score (nSPS) is 11.0. The number of rotatable bonds is 6. The summed E-state index contributed by atoms with van der Waals surface area (Å²) in [6.07, 6.45) is 1.59. The first-order valence-electron chi connectivity index (χ1n) is 8.06. The lowest BCUT2D eigenvalue weighted by Gasteiger charge is -2.14. The minimum absolute atomic E-state index is 0.124. The van der Waals surface area contributed by atoms with E-state index in [9.17, 15) is 18.0 Å². The highest BCUT2D eigenvalue weighted by molar-refractivity contribution is 5.92. The van der Waals surface area contributed by atoms with Gasteiger partial charge in [-0.15, -0.1) is 0 Å². The van der Waals surface area contributed by atoms with Gasteiger partial charge in [0.1, 0.15) is 0 Å². The Bertz CT molecular complexity index is 945. The number of hydrogen-bond acceptors (Lipinski definition) is 4. The third kappa shape index (κ3) is 4.53. The molecule has 0 unspecified atom stereocenters. The van der Waals surface area contributed by atoms with Gasteiger partial charge in [0.05, 0.1) is 25.0 Å². The SMILES string of the molecule is CN(CC(=O)Nc1ccc(F)c(F)c1F)Cc1ncc(-c2ccccc2)o1. The van der Waals surface area contributed by atoms with Crippen LogP contribution in [0.4, 0.5) is 18.9 Å². The molecule has 0 atom stereocenters. The van der Waals surface area contributed by atoms with Gasteiger partial charge in [-0.2, -0.15) is 0 Å². The Morgan fingerprint density at radius 1 is 1.11 bits per heavy atom. The van der Waals surface area contributed by atoms with Gasteiger partial charge in [-0.05, 0) is 19.2 Å². The molecule has 140 valence electrons. The lowest BCUT2D eigenvalue weighted by atomic mass is 10.2. The highest BCUT2D eigenvalue weighted by Crippen LogP contribution is 2.21. The summed E-state index contributed by atoms with van der Waals surface area (Å²) in [5.41, 5.74) is 0.459. The van der Waals surface area contributed by atoms with Gasteiger partial charge in [0.2, 0.25) is 11.8 Å². The predicted octanol–water partition coefficient (Wildman–Crippen LogP) is 3.83. The molecular weight excluding hydrogens is 359 g/mol. The van der Waals surface area contributed by atoms with Crippen LogP contribution in [0.2, 0.25) is 0 Å². The van der Waals surface area contributed by atoms with E-state index in [0.29, 0.717) is 11.7 Å². The summed E-state index contributed by atoms with van der Waals surface area (Å²) in [5, 5.41) is 2.21. The fourth-order valence-electron chi connectivity index (χ4n) is 2.46.